The van der Waals surface area contributed by atoms with Crippen LogP contribution in [0.5, 0.6) is 0 Å². The molecule has 26 heavy (non-hydrogen) atoms. The molecule has 4 nitrogen and oxygen atoms in total. The molecule has 0 atom stereocenters. The van der Waals surface area contributed by atoms with E-state index in [0.29, 0.717) is 0 Å². The molecule has 1 aliphatic rings. The highest BCUT2D eigenvalue weighted by Crippen LogP contribution is 2.24. The first kappa shape index (κ1) is 17.0. The molecule has 2 heterocycles. The lowest BCUT2D eigenvalue weighted by Gasteiger charge is -2.19. The summed E-state index contributed by atoms with van der Waals surface area (Å²) in [6.07, 6.45) is 3.44. The van der Waals surface area contributed by atoms with Crippen LogP contribution in [-0.4, -0.2) is 40.9 Å². The van der Waals surface area contributed by atoms with Crippen LogP contribution in [0.4, 0.5) is 0 Å². The normalized spacial score (nSPS) is 15.7. The van der Waals surface area contributed by atoms with E-state index in [4.69, 9.17) is 5.10 Å². The molecule has 0 saturated carbocycles. The Kier molecular flexibility index (Phi) is 5.43. The van der Waals surface area contributed by atoms with Gasteiger partial charge < -0.3 is 5.32 Å². The Morgan fingerprint density at radius 2 is 1.62 bits per heavy atom. The van der Waals surface area contributed by atoms with Crippen molar-refractivity contribution in [2.45, 2.75) is 19.5 Å². The minimum Gasteiger partial charge on any atom is -0.315 e. The van der Waals surface area contributed by atoms with Crippen LogP contribution in [0.25, 0.3) is 11.3 Å². The fourth-order valence-electron chi connectivity index (χ4n) is 3.57. The van der Waals surface area contributed by atoms with E-state index in [1.807, 2.05) is 0 Å². The second-order valence-electron chi connectivity index (χ2n) is 6.93. The van der Waals surface area contributed by atoms with Crippen LogP contribution in [0, 0.1) is 0 Å². The molecular weight excluding hydrogens is 320 g/mol. The Bertz CT molecular complexity index is 803. The Morgan fingerprint density at radius 1 is 0.846 bits per heavy atom. The molecule has 0 radical (unpaired) electrons. The minimum atomic E-state index is 0.808. The molecule has 2 aromatic carbocycles. The maximum atomic E-state index is 4.94. The van der Waals surface area contributed by atoms with Gasteiger partial charge in [-0.05, 0) is 25.1 Å². The van der Waals surface area contributed by atoms with E-state index in [-0.39, 0.29) is 0 Å². The van der Waals surface area contributed by atoms with Crippen molar-refractivity contribution < 1.29 is 0 Å². The van der Waals surface area contributed by atoms with Crippen molar-refractivity contribution in [1.82, 2.24) is 20.0 Å². The molecule has 0 amide bonds. The molecule has 0 spiro atoms. The van der Waals surface area contributed by atoms with Gasteiger partial charge in [0.15, 0.2) is 0 Å². The number of aromatic nitrogens is 2. The summed E-state index contributed by atoms with van der Waals surface area (Å²) in [6.45, 7) is 6.19. The predicted octanol–water partition coefficient (Wildman–Crippen LogP) is 3.39. The third-order valence-electron chi connectivity index (χ3n) is 4.90. The largest absolute Gasteiger partial charge is 0.315 e. The van der Waals surface area contributed by atoms with Gasteiger partial charge in [0.25, 0.3) is 0 Å². The molecule has 1 aliphatic heterocycles. The van der Waals surface area contributed by atoms with E-state index in [1.165, 1.54) is 23.1 Å². The highest BCUT2D eigenvalue weighted by molar-refractivity contribution is 5.62. The number of nitrogens with zero attached hydrogens (tertiary/aromatic N) is 3. The van der Waals surface area contributed by atoms with Crippen molar-refractivity contribution in [2.24, 2.45) is 0 Å². The van der Waals surface area contributed by atoms with Gasteiger partial charge in [-0.25, -0.2) is 0 Å². The van der Waals surface area contributed by atoms with Gasteiger partial charge in [-0.1, -0.05) is 60.7 Å². The second kappa shape index (κ2) is 8.30. The molecule has 1 aromatic heterocycles. The maximum Gasteiger partial charge on any atom is 0.0968 e. The first-order valence-electron chi connectivity index (χ1n) is 9.47. The predicted molar refractivity (Wildman–Crippen MR) is 106 cm³/mol. The number of nitrogens with one attached hydrogen (secondary N) is 1. The first-order chi connectivity index (χ1) is 12.9. The zero-order valence-corrected chi connectivity index (χ0v) is 15.1. The summed E-state index contributed by atoms with van der Waals surface area (Å²) in [5.74, 6) is 0. The molecule has 0 unspecified atom stereocenters. The summed E-state index contributed by atoms with van der Waals surface area (Å²) in [7, 11) is 0. The van der Waals surface area contributed by atoms with Crippen LogP contribution < -0.4 is 5.32 Å². The molecule has 0 aliphatic carbocycles. The summed E-state index contributed by atoms with van der Waals surface area (Å²) in [6, 6.07) is 21.1. The number of hydrogen-bond acceptors (Lipinski definition) is 3. The lowest BCUT2D eigenvalue weighted by atomic mass is 10.1. The average Bonchev–Trinajstić information content (AvgIpc) is 2.89. The van der Waals surface area contributed by atoms with Crippen molar-refractivity contribution >= 4 is 0 Å². The number of benzene rings is 2. The average molecular weight is 346 g/mol. The fraction of sp³-hybridized carbons (Fsp3) is 0.318. The van der Waals surface area contributed by atoms with Gasteiger partial charge in [-0.2, -0.15) is 5.10 Å². The van der Waals surface area contributed by atoms with Crippen LogP contribution in [0.2, 0.25) is 0 Å². The summed E-state index contributed by atoms with van der Waals surface area (Å²) >= 11 is 0. The molecule has 3 aromatic rings. The summed E-state index contributed by atoms with van der Waals surface area (Å²) < 4.78 is 2.09. The van der Waals surface area contributed by atoms with Gasteiger partial charge in [-0.3, -0.25) is 9.58 Å². The van der Waals surface area contributed by atoms with Gasteiger partial charge in [0, 0.05) is 37.0 Å². The zero-order chi connectivity index (χ0) is 17.6. The number of hydrogen-bond donors (Lipinski definition) is 1. The third kappa shape index (κ3) is 4.21. The van der Waals surface area contributed by atoms with Crippen LogP contribution >= 0.6 is 0 Å². The monoisotopic (exact) mass is 346 g/mol. The van der Waals surface area contributed by atoms with Gasteiger partial charge in [-0.15, -0.1) is 0 Å². The Morgan fingerprint density at radius 3 is 2.42 bits per heavy atom. The van der Waals surface area contributed by atoms with Crippen LogP contribution in [0.1, 0.15) is 17.5 Å². The quantitative estimate of drug-likeness (QED) is 0.769. The topological polar surface area (TPSA) is 33.1 Å². The van der Waals surface area contributed by atoms with Crippen molar-refractivity contribution in [3.05, 3.63) is 78.0 Å². The zero-order valence-electron chi connectivity index (χ0n) is 15.1. The van der Waals surface area contributed by atoms with Crippen LogP contribution in [-0.2, 0) is 13.1 Å². The standard InChI is InChI=1S/C22H26N4/c1-3-8-19(9-4-1)16-26-18-21(17-25-14-7-12-23-13-15-25)22(24-26)20-10-5-2-6-11-20/h1-6,8-11,18,23H,7,12-17H2. The lowest BCUT2D eigenvalue weighted by molar-refractivity contribution is 0.284. The van der Waals surface area contributed by atoms with Crippen molar-refractivity contribution in [1.29, 1.82) is 0 Å². The highest BCUT2D eigenvalue weighted by Gasteiger charge is 2.16. The SMILES string of the molecule is c1ccc(Cn2cc(CN3CCCNCC3)c(-c3ccccc3)n2)cc1. The maximum absolute atomic E-state index is 4.94. The molecule has 1 saturated heterocycles. The van der Waals surface area contributed by atoms with E-state index in [1.54, 1.807) is 0 Å². The molecule has 1 fully saturated rings. The van der Waals surface area contributed by atoms with Crippen molar-refractivity contribution in [2.75, 3.05) is 26.2 Å². The molecule has 1 N–H and O–H groups in total. The first-order valence-corrected chi connectivity index (χ1v) is 9.47. The highest BCUT2D eigenvalue weighted by atomic mass is 15.3. The fourth-order valence-corrected chi connectivity index (χ4v) is 3.57. The molecular formula is C22H26N4. The second-order valence-corrected chi connectivity index (χ2v) is 6.93. The van der Waals surface area contributed by atoms with Gasteiger partial charge in [0.2, 0.25) is 0 Å². The van der Waals surface area contributed by atoms with Crippen LogP contribution in [0.15, 0.2) is 66.9 Å². The van der Waals surface area contributed by atoms with Crippen LogP contribution in [0.3, 0.4) is 0 Å². The van der Waals surface area contributed by atoms with Gasteiger partial charge >= 0.3 is 0 Å². The summed E-state index contributed by atoms with van der Waals surface area (Å²) in [5.41, 5.74) is 4.90. The molecule has 134 valence electrons. The molecule has 4 heteroatoms. The van der Waals surface area contributed by atoms with E-state index in [2.05, 4.69) is 81.8 Å². The van der Waals surface area contributed by atoms with E-state index < -0.39 is 0 Å². The third-order valence-corrected chi connectivity index (χ3v) is 4.90. The summed E-state index contributed by atoms with van der Waals surface area (Å²) in [4.78, 5) is 2.54. The summed E-state index contributed by atoms with van der Waals surface area (Å²) in [5, 5.41) is 8.42. The van der Waals surface area contributed by atoms with Gasteiger partial charge in [0.1, 0.15) is 0 Å². The van der Waals surface area contributed by atoms with Gasteiger partial charge in [0.05, 0.1) is 12.2 Å². The lowest BCUT2D eigenvalue weighted by Crippen LogP contribution is -2.27. The number of rotatable bonds is 5. The Hall–Kier alpha value is -2.43. The van der Waals surface area contributed by atoms with Crippen molar-refractivity contribution in [3.8, 4) is 11.3 Å². The smallest absolute Gasteiger partial charge is 0.0968 e. The van der Waals surface area contributed by atoms with E-state index in [0.717, 1.165) is 45.0 Å². The molecule has 4 rings (SSSR count). The Labute approximate surface area is 155 Å². The molecule has 0 bridgehead atoms. The minimum absolute atomic E-state index is 0.808. The van der Waals surface area contributed by atoms with E-state index >= 15 is 0 Å². The van der Waals surface area contributed by atoms with E-state index in [9.17, 15) is 0 Å². The van der Waals surface area contributed by atoms with Crippen molar-refractivity contribution in [3.63, 3.8) is 0 Å². The Balaban J connectivity index is 1.61.